The molecule has 0 fully saturated rings. The first-order chi connectivity index (χ1) is 17.0. The summed E-state index contributed by atoms with van der Waals surface area (Å²) in [6, 6.07) is 26.3. The Kier molecular flexibility index (Phi) is 7.38. The van der Waals surface area contributed by atoms with E-state index in [1.165, 1.54) is 14.9 Å². The Bertz CT molecular complexity index is 1450. The molecule has 4 rings (SSSR count). The molecule has 0 spiro atoms. The third-order valence-electron chi connectivity index (χ3n) is 6.22. The van der Waals surface area contributed by atoms with E-state index in [1.54, 1.807) is 6.07 Å². The number of rotatable bonds is 9. The molecule has 0 unspecified atom stereocenters. The molecule has 0 aliphatic rings. The normalized spacial score (nSPS) is 12.8. The summed E-state index contributed by atoms with van der Waals surface area (Å²) < 4.78 is 41.0. The molecule has 0 amide bonds. The van der Waals surface area contributed by atoms with E-state index in [2.05, 4.69) is 45.0 Å². The highest BCUT2D eigenvalue weighted by Gasteiger charge is 2.50. The molecule has 0 saturated carbocycles. The van der Waals surface area contributed by atoms with Crippen LogP contribution in [0.2, 0.25) is 5.04 Å². The highest BCUT2D eigenvalue weighted by Crippen LogP contribution is 2.37. The molecule has 0 aliphatic carbocycles. The standard InChI is InChI=1S/C27H31NO6SSi/c1-27(2,3)36(22-11-7-5-8-12-22,23-13-9-6-10-14-23)33-20-21-15-16-24-25(19-21)34-26(29)28(24)17-18-32-35(4,30)31/h5-16,19H,17-18,20H2,1-4H3. The first-order valence-electron chi connectivity index (χ1n) is 11.7. The zero-order valence-electron chi connectivity index (χ0n) is 20.9. The monoisotopic (exact) mass is 525 g/mol. The Balaban J connectivity index is 1.67. The molecule has 9 heteroatoms. The van der Waals surface area contributed by atoms with Gasteiger partial charge in [0.05, 0.1) is 31.5 Å². The number of oxazole rings is 1. The lowest BCUT2D eigenvalue weighted by Crippen LogP contribution is -2.66. The van der Waals surface area contributed by atoms with E-state index in [-0.39, 0.29) is 18.2 Å². The molecule has 0 saturated heterocycles. The van der Waals surface area contributed by atoms with Gasteiger partial charge in [-0.15, -0.1) is 0 Å². The van der Waals surface area contributed by atoms with Crippen LogP contribution in [0, 0.1) is 0 Å². The highest BCUT2D eigenvalue weighted by atomic mass is 32.2. The smallest absolute Gasteiger partial charge is 0.408 e. The van der Waals surface area contributed by atoms with Gasteiger partial charge in [0, 0.05) is 0 Å². The van der Waals surface area contributed by atoms with Crippen molar-refractivity contribution >= 4 is 39.9 Å². The highest BCUT2D eigenvalue weighted by molar-refractivity contribution is 7.85. The number of hydrogen-bond acceptors (Lipinski definition) is 6. The van der Waals surface area contributed by atoms with Crippen molar-refractivity contribution in [2.75, 3.05) is 12.9 Å². The minimum absolute atomic E-state index is 0.0663. The van der Waals surface area contributed by atoms with Crippen molar-refractivity contribution in [2.24, 2.45) is 0 Å². The molecule has 190 valence electrons. The van der Waals surface area contributed by atoms with Crippen molar-refractivity contribution in [3.63, 3.8) is 0 Å². The Hall–Kier alpha value is -2.98. The number of nitrogens with zero attached hydrogens (tertiary/aromatic N) is 1. The van der Waals surface area contributed by atoms with Gasteiger partial charge in [0.2, 0.25) is 0 Å². The topological polar surface area (TPSA) is 87.7 Å². The van der Waals surface area contributed by atoms with E-state index >= 15 is 0 Å². The Labute approximate surface area is 212 Å². The molecular weight excluding hydrogens is 494 g/mol. The molecule has 0 N–H and O–H groups in total. The number of benzene rings is 3. The van der Waals surface area contributed by atoms with Crippen LogP contribution in [0.5, 0.6) is 0 Å². The molecule has 7 nitrogen and oxygen atoms in total. The number of aromatic nitrogens is 1. The lowest BCUT2D eigenvalue weighted by Gasteiger charge is -2.43. The average molecular weight is 526 g/mol. The molecule has 1 heterocycles. The Morgan fingerprint density at radius 1 is 0.917 bits per heavy atom. The second-order valence-corrected chi connectivity index (χ2v) is 15.7. The summed E-state index contributed by atoms with van der Waals surface area (Å²) in [5.41, 5.74) is 1.87. The molecule has 3 aromatic carbocycles. The first kappa shape index (κ1) is 26.1. The van der Waals surface area contributed by atoms with Crippen LogP contribution in [0.1, 0.15) is 26.3 Å². The predicted molar refractivity (Wildman–Crippen MR) is 144 cm³/mol. The summed E-state index contributed by atoms with van der Waals surface area (Å²) in [4.78, 5) is 12.4. The lowest BCUT2D eigenvalue weighted by molar-refractivity contribution is 0.286. The van der Waals surface area contributed by atoms with Gasteiger partial charge >= 0.3 is 5.76 Å². The summed E-state index contributed by atoms with van der Waals surface area (Å²) in [5.74, 6) is -0.563. The Morgan fingerprint density at radius 3 is 2.03 bits per heavy atom. The van der Waals surface area contributed by atoms with Crippen molar-refractivity contribution in [2.45, 2.75) is 39.0 Å². The second kappa shape index (κ2) is 10.2. The van der Waals surface area contributed by atoms with Crippen LogP contribution in [0.25, 0.3) is 11.1 Å². The van der Waals surface area contributed by atoms with E-state index in [1.807, 2.05) is 48.5 Å². The minimum atomic E-state index is -3.59. The van der Waals surface area contributed by atoms with Crippen LogP contribution >= 0.6 is 0 Å². The molecule has 1 aromatic heterocycles. The van der Waals surface area contributed by atoms with Crippen LogP contribution in [-0.2, 0) is 31.9 Å². The minimum Gasteiger partial charge on any atom is -0.408 e. The summed E-state index contributed by atoms with van der Waals surface area (Å²) >= 11 is 0. The fourth-order valence-electron chi connectivity index (χ4n) is 4.65. The second-order valence-electron chi connectivity index (χ2n) is 9.80. The summed E-state index contributed by atoms with van der Waals surface area (Å²) in [6.45, 7) is 6.93. The zero-order valence-corrected chi connectivity index (χ0v) is 22.7. The predicted octanol–water partition coefficient (Wildman–Crippen LogP) is 3.65. The maximum absolute atomic E-state index is 12.4. The number of fused-ring (bicyclic) bond motifs is 1. The fraction of sp³-hybridized carbons (Fsp3) is 0.296. The first-order valence-corrected chi connectivity index (χ1v) is 15.5. The van der Waals surface area contributed by atoms with Crippen molar-refractivity contribution in [1.82, 2.24) is 4.57 Å². The van der Waals surface area contributed by atoms with Crippen LogP contribution in [-0.4, -0.2) is 34.2 Å². The van der Waals surface area contributed by atoms with E-state index in [0.717, 1.165) is 11.8 Å². The SMILES string of the molecule is CC(C)(C)[Si](OCc1ccc2c(c1)oc(=O)n2CCOS(C)(=O)=O)(c1ccccc1)c1ccccc1. The van der Waals surface area contributed by atoms with Crippen molar-refractivity contribution in [3.8, 4) is 0 Å². The van der Waals surface area contributed by atoms with Crippen LogP contribution < -0.4 is 16.1 Å². The molecule has 0 bridgehead atoms. The molecule has 36 heavy (non-hydrogen) atoms. The maximum atomic E-state index is 12.4. The lowest BCUT2D eigenvalue weighted by atomic mass is 10.2. The zero-order chi connectivity index (χ0) is 26.0. The third kappa shape index (κ3) is 5.39. The summed E-state index contributed by atoms with van der Waals surface area (Å²) in [5, 5.41) is 2.22. The van der Waals surface area contributed by atoms with Crippen molar-refractivity contribution in [3.05, 3.63) is 95.0 Å². The Morgan fingerprint density at radius 2 is 1.50 bits per heavy atom. The van der Waals surface area contributed by atoms with E-state index in [9.17, 15) is 13.2 Å². The largest absolute Gasteiger partial charge is 0.420 e. The van der Waals surface area contributed by atoms with Crippen molar-refractivity contribution < 1.29 is 21.4 Å². The van der Waals surface area contributed by atoms with Gasteiger partial charge in [-0.2, -0.15) is 8.42 Å². The van der Waals surface area contributed by atoms with E-state index < -0.39 is 24.2 Å². The molecule has 0 radical (unpaired) electrons. The summed E-state index contributed by atoms with van der Waals surface area (Å²) in [6.07, 6.45) is 0.974. The van der Waals surface area contributed by atoms with Gasteiger partial charge in [0.15, 0.2) is 5.58 Å². The van der Waals surface area contributed by atoms with Gasteiger partial charge in [0.1, 0.15) is 0 Å². The van der Waals surface area contributed by atoms with Gasteiger partial charge in [-0.3, -0.25) is 8.75 Å². The third-order valence-corrected chi connectivity index (χ3v) is 11.8. The van der Waals surface area contributed by atoms with Gasteiger partial charge in [0.25, 0.3) is 18.4 Å². The van der Waals surface area contributed by atoms with Crippen LogP contribution in [0.4, 0.5) is 0 Å². The van der Waals surface area contributed by atoms with Crippen LogP contribution in [0.3, 0.4) is 0 Å². The molecular formula is C27H31NO6SSi. The fourth-order valence-corrected chi connectivity index (χ4v) is 9.56. The van der Waals surface area contributed by atoms with Gasteiger partial charge in [-0.1, -0.05) is 87.5 Å². The van der Waals surface area contributed by atoms with E-state index in [4.69, 9.17) is 13.0 Å². The number of hydrogen-bond donors (Lipinski definition) is 0. The molecule has 4 aromatic rings. The van der Waals surface area contributed by atoms with Gasteiger partial charge in [-0.05, 0) is 33.1 Å². The summed E-state index contributed by atoms with van der Waals surface area (Å²) in [7, 11) is -6.30. The van der Waals surface area contributed by atoms with Crippen molar-refractivity contribution in [1.29, 1.82) is 0 Å². The maximum Gasteiger partial charge on any atom is 0.420 e. The van der Waals surface area contributed by atoms with E-state index in [0.29, 0.717) is 17.7 Å². The molecule has 0 aliphatic heterocycles. The molecule has 0 atom stereocenters. The van der Waals surface area contributed by atoms with Gasteiger partial charge in [-0.25, -0.2) is 4.79 Å². The average Bonchev–Trinajstić information content (AvgIpc) is 3.13. The van der Waals surface area contributed by atoms with Gasteiger partial charge < -0.3 is 8.84 Å². The quantitative estimate of drug-likeness (QED) is 0.245. The van der Waals surface area contributed by atoms with Crippen LogP contribution in [0.15, 0.2) is 88.1 Å².